The minimum absolute atomic E-state index is 0.188. The van der Waals surface area contributed by atoms with E-state index in [4.69, 9.17) is 4.74 Å². The third-order valence-electron chi connectivity index (χ3n) is 4.66. The molecule has 128 valence electrons. The molecule has 1 heterocycles. The summed E-state index contributed by atoms with van der Waals surface area (Å²) in [5.41, 5.74) is 3.77. The van der Waals surface area contributed by atoms with E-state index in [0.29, 0.717) is 0 Å². The lowest BCUT2D eigenvalue weighted by molar-refractivity contribution is 0.0161. The van der Waals surface area contributed by atoms with Gasteiger partial charge in [0, 0.05) is 32.2 Å². The van der Waals surface area contributed by atoms with Crippen LogP contribution in [0, 0.1) is 12.7 Å². The monoisotopic (exact) mass is 328 g/mol. The van der Waals surface area contributed by atoms with Gasteiger partial charge >= 0.3 is 0 Å². The molecule has 1 aliphatic heterocycles. The van der Waals surface area contributed by atoms with Gasteiger partial charge in [0.2, 0.25) is 0 Å². The second kappa shape index (κ2) is 8.38. The lowest BCUT2D eigenvalue weighted by atomic mass is 10.0. The molecule has 1 unspecified atom stereocenters. The Bertz CT molecular complexity index is 638. The van der Waals surface area contributed by atoms with Crippen LogP contribution in [0.1, 0.15) is 22.7 Å². The van der Waals surface area contributed by atoms with Gasteiger partial charge in [-0.3, -0.25) is 4.90 Å². The first-order valence-electron chi connectivity index (χ1n) is 8.56. The molecule has 1 saturated heterocycles. The summed E-state index contributed by atoms with van der Waals surface area (Å²) >= 11 is 0. The number of aryl methyl sites for hydroxylation is 1. The first-order valence-corrected chi connectivity index (χ1v) is 8.56. The van der Waals surface area contributed by atoms with Gasteiger partial charge in [-0.2, -0.15) is 0 Å². The highest BCUT2D eigenvalue weighted by Gasteiger charge is 2.22. The number of halogens is 1. The van der Waals surface area contributed by atoms with Gasteiger partial charge < -0.3 is 10.1 Å². The van der Waals surface area contributed by atoms with Crippen LogP contribution in [0.5, 0.6) is 0 Å². The van der Waals surface area contributed by atoms with Gasteiger partial charge in [-0.05, 0) is 35.7 Å². The van der Waals surface area contributed by atoms with Gasteiger partial charge in [0.05, 0.1) is 13.2 Å². The van der Waals surface area contributed by atoms with Crippen LogP contribution in [-0.2, 0) is 11.3 Å². The lowest BCUT2D eigenvalue weighted by Crippen LogP contribution is -2.42. The fourth-order valence-corrected chi connectivity index (χ4v) is 3.18. The van der Waals surface area contributed by atoms with E-state index in [1.807, 2.05) is 12.1 Å². The average molecular weight is 328 g/mol. The minimum Gasteiger partial charge on any atom is -0.379 e. The fourth-order valence-electron chi connectivity index (χ4n) is 3.18. The Hall–Kier alpha value is -1.75. The molecule has 1 aliphatic rings. The second-order valence-electron chi connectivity index (χ2n) is 6.27. The Morgan fingerprint density at radius 3 is 2.50 bits per heavy atom. The molecule has 2 aromatic rings. The summed E-state index contributed by atoms with van der Waals surface area (Å²) in [4.78, 5) is 2.42. The Morgan fingerprint density at radius 1 is 1.08 bits per heavy atom. The van der Waals surface area contributed by atoms with Crippen molar-refractivity contribution in [3.05, 3.63) is 71.0 Å². The summed E-state index contributed by atoms with van der Waals surface area (Å²) < 4.78 is 18.7. The molecule has 0 saturated carbocycles. The number of ether oxygens (including phenoxy) is 1. The molecule has 0 aliphatic carbocycles. The van der Waals surface area contributed by atoms with Crippen molar-refractivity contribution < 1.29 is 9.13 Å². The largest absolute Gasteiger partial charge is 0.379 e. The number of benzene rings is 2. The molecule has 3 rings (SSSR count). The number of nitrogens with zero attached hydrogens (tertiary/aromatic N) is 1. The van der Waals surface area contributed by atoms with Crippen molar-refractivity contribution in [1.82, 2.24) is 10.2 Å². The molecule has 0 aromatic heterocycles. The highest BCUT2D eigenvalue weighted by Crippen LogP contribution is 2.22. The predicted molar refractivity (Wildman–Crippen MR) is 94.4 cm³/mol. The molecule has 3 nitrogen and oxygen atoms in total. The average Bonchev–Trinajstić information content (AvgIpc) is 2.62. The standard InChI is InChI=1S/C20H25FN2O/c1-16-4-2-3-5-18(16)14-22-15-20(23-10-12-24-13-11-23)17-6-8-19(21)9-7-17/h2-9,20,22H,10-15H2,1H3. The number of hydrogen-bond acceptors (Lipinski definition) is 3. The maximum atomic E-state index is 13.3. The van der Waals surface area contributed by atoms with E-state index in [0.717, 1.165) is 45.0 Å². The van der Waals surface area contributed by atoms with Crippen LogP contribution in [0.15, 0.2) is 48.5 Å². The molecule has 0 bridgehead atoms. The summed E-state index contributed by atoms with van der Waals surface area (Å²) in [6.45, 7) is 7.15. The molecule has 1 atom stereocenters. The zero-order chi connectivity index (χ0) is 16.8. The fraction of sp³-hybridized carbons (Fsp3) is 0.400. The topological polar surface area (TPSA) is 24.5 Å². The molecule has 2 aromatic carbocycles. The zero-order valence-corrected chi connectivity index (χ0v) is 14.2. The van der Waals surface area contributed by atoms with Crippen LogP contribution >= 0.6 is 0 Å². The van der Waals surface area contributed by atoms with Crippen LogP contribution in [0.2, 0.25) is 0 Å². The maximum Gasteiger partial charge on any atom is 0.123 e. The van der Waals surface area contributed by atoms with Crippen molar-refractivity contribution in [2.24, 2.45) is 0 Å². The van der Waals surface area contributed by atoms with Crippen molar-refractivity contribution in [2.45, 2.75) is 19.5 Å². The summed E-state index contributed by atoms with van der Waals surface area (Å²) in [7, 11) is 0. The normalized spacial score (nSPS) is 16.9. The van der Waals surface area contributed by atoms with E-state index < -0.39 is 0 Å². The molecule has 0 radical (unpaired) electrons. The van der Waals surface area contributed by atoms with E-state index in [1.165, 1.54) is 11.1 Å². The Balaban J connectivity index is 1.67. The lowest BCUT2D eigenvalue weighted by Gasteiger charge is -2.35. The number of rotatable bonds is 6. The molecule has 1 fully saturated rings. The SMILES string of the molecule is Cc1ccccc1CNCC(c1ccc(F)cc1)N1CCOCC1. The number of morpholine rings is 1. The van der Waals surface area contributed by atoms with Crippen LogP contribution < -0.4 is 5.32 Å². The van der Waals surface area contributed by atoms with E-state index >= 15 is 0 Å². The zero-order valence-electron chi connectivity index (χ0n) is 14.2. The number of hydrogen-bond donors (Lipinski definition) is 1. The minimum atomic E-state index is -0.188. The first-order chi connectivity index (χ1) is 11.7. The summed E-state index contributed by atoms with van der Waals surface area (Å²) in [5.74, 6) is -0.188. The Kier molecular flexibility index (Phi) is 5.96. The van der Waals surface area contributed by atoms with Crippen LogP contribution in [0.4, 0.5) is 4.39 Å². The van der Waals surface area contributed by atoms with Gasteiger partial charge in [-0.1, -0.05) is 36.4 Å². The Labute approximate surface area is 143 Å². The van der Waals surface area contributed by atoms with Gasteiger partial charge in [-0.15, -0.1) is 0 Å². The number of nitrogens with one attached hydrogen (secondary N) is 1. The van der Waals surface area contributed by atoms with Gasteiger partial charge in [0.25, 0.3) is 0 Å². The molecular formula is C20H25FN2O. The summed E-state index contributed by atoms with van der Waals surface area (Å²) in [5, 5.41) is 3.58. The van der Waals surface area contributed by atoms with Crippen LogP contribution in [0.25, 0.3) is 0 Å². The van der Waals surface area contributed by atoms with Gasteiger partial charge in [0.1, 0.15) is 5.82 Å². The van der Waals surface area contributed by atoms with Crippen molar-refractivity contribution in [3.8, 4) is 0 Å². The smallest absolute Gasteiger partial charge is 0.123 e. The molecular weight excluding hydrogens is 303 g/mol. The van der Waals surface area contributed by atoms with E-state index in [1.54, 1.807) is 12.1 Å². The summed E-state index contributed by atoms with van der Waals surface area (Å²) in [6.07, 6.45) is 0. The van der Waals surface area contributed by atoms with E-state index in [9.17, 15) is 4.39 Å². The van der Waals surface area contributed by atoms with Crippen molar-refractivity contribution in [2.75, 3.05) is 32.8 Å². The maximum absolute atomic E-state index is 13.3. The third-order valence-corrected chi connectivity index (χ3v) is 4.66. The van der Waals surface area contributed by atoms with Crippen LogP contribution in [0.3, 0.4) is 0 Å². The van der Waals surface area contributed by atoms with Gasteiger partial charge in [-0.25, -0.2) is 4.39 Å². The quantitative estimate of drug-likeness (QED) is 0.880. The van der Waals surface area contributed by atoms with Crippen LogP contribution in [-0.4, -0.2) is 37.7 Å². The summed E-state index contributed by atoms with van der Waals surface area (Å²) in [6, 6.07) is 15.5. The molecule has 0 amide bonds. The predicted octanol–water partition coefficient (Wildman–Crippen LogP) is 3.30. The molecule has 24 heavy (non-hydrogen) atoms. The highest BCUT2D eigenvalue weighted by molar-refractivity contribution is 5.25. The molecule has 0 spiro atoms. The van der Waals surface area contributed by atoms with E-state index in [2.05, 4.69) is 41.4 Å². The van der Waals surface area contributed by atoms with Crippen molar-refractivity contribution in [3.63, 3.8) is 0 Å². The Morgan fingerprint density at radius 2 is 1.79 bits per heavy atom. The third kappa shape index (κ3) is 4.41. The molecule has 4 heteroatoms. The van der Waals surface area contributed by atoms with Crippen molar-refractivity contribution in [1.29, 1.82) is 0 Å². The second-order valence-corrected chi connectivity index (χ2v) is 6.27. The first kappa shape index (κ1) is 17.1. The highest BCUT2D eigenvalue weighted by atomic mass is 19.1. The van der Waals surface area contributed by atoms with Crippen molar-refractivity contribution >= 4 is 0 Å². The van der Waals surface area contributed by atoms with Gasteiger partial charge in [0.15, 0.2) is 0 Å². The molecule has 1 N–H and O–H groups in total. The van der Waals surface area contributed by atoms with E-state index in [-0.39, 0.29) is 11.9 Å².